The van der Waals surface area contributed by atoms with Crippen LogP contribution in [0.4, 0.5) is 5.82 Å². The maximum absolute atomic E-state index is 12.3. The van der Waals surface area contributed by atoms with Crippen molar-refractivity contribution in [2.75, 3.05) is 19.5 Å². The zero-order valence-corrected chi connectivity index (χ0v) is 12.6. The lowest BCUT2D eigenvalue weighted by Gasteiger charge is -2.11. The molecule has 1 amide bonds. The Balaban J connectivity index is 2.23. The van der Waals surface area contributed by atoms with Crippen LogP contribution in [-0.4, -0.2) is 30.3 Å². The van der Waals surface area contributed by atoms with Crippen molar-refractivity contribution in [2.24, 2.45) is 0 Å². The Morgan fingerprint density at radius 2 is 2.05 bits per heavy atom. The van der Waals surface area contributed by atoms with Gasteiger partial charge >= 0.3 is 0 Å². The molecule has 0 fully saturated rings. The van der Waals surface area contributed by atoms with Crippen molar-refractivity contribution in [3.05, 3.63) is 35.5 Å². The van der Waals surface area contributed by atoms with Crippen molar-refractivity contribution in [2.45, 2.75) is 19.8 Å². The van der Waals surface area contributed by atoms with Crippen LogP contribution in [0, 0.1) is 0 Å². The quantitative estimate of drug-likeness (QED) is 0.887. The number of hydrogen-bond acceptors (Lipinski definition) is 4. The number of carbonyl (C=O) groups excluding carboxylic acids is 1. The Bertz CT molecular complexity index is 635. The summed E-state index contributed by atoms with van der Waals surface area (Å²) in [5.41, 5.74) is 1.36. The fraction of sp³-hybridized carbons (Fsp3) is 0.333. The molecule has 1 aromatic heterocycles. The largest absolute Gasteiger partial charge is 0.493 e. The second-order valence-corrected chi connectivity index (χ2v) is 4.86. The molecular formula is C15H19N3O3. The molecule has 21 heavy (non-hydrogen) atoms. The summed E-state index contributed by atoms with van der Waals surface area (Å²) in [6, 6.07) is 6.96. The van der Waals surface area contributed by atoms with Crippen molar-refractivity contribution in [3.63, 3.8) is 0 Å². The van der Waals surface area contributed by atoms with E-state index in [9.17, 15) is 4.79 Å². The number of benzene rings is 1. The standard InChI is InChI=1S/C15H19N3O3/c1-9(2)11-8-13(18-17-11)16-15(19)10-6-5-7-12(20-3)14(10)21-4/h5-9H,1-4H3,(H2,16,17,18,19). The Hall–Kier alpha value is -2.50. The van der Waals surface area contributed by atoms with Gasteiger partial charge < -0.3 is 14.8 Å². The average Bonchev–Trinajstić information content (AvgIpc) is 2.94. The van der Waals surface area contributed by atoms with Crippen molar-refractivity contribution in [1.82, 2.24) is 10.2 Å². The van der Waals surface area contributed by atoms with Crippen LogP contribution in [0.2, 0.25) is 0 Å². The molecular weight excluding hydrogens is 270 g/mol. The van der Waals surface area contributed by atoms with Crippen LogP contribution >= 0.6 is 0 Å². The van der Waals surface area contributed by atoms with E-state index in [0.717, 1.165) is 5.69 Å². The Morgan fingerprint density at radius 3 is 2.62 bits per heavy atom. The Kier molecular flexibility index (Phi) is 4.47. The van der Waals surface area contributed by atoms with E-state index in [1.54, 1.807) is 18.2 Å². The van der Waals surface area contributed by atoms with Crippen LogP contribution in [0.5, 0.6) is 11.5 Å². The summed E-state index contributed by atoms with van der Waals surface area (Å²) in [5.74, 6) is 1.41. The molecule has 6 heteroatoms. The van der Waals surface area contributed by atoms with E-state index in [2.05, 4.69) is 15.5 Å². The minimum Gasteiger partial charge on any atom is -0.493 e. The lowest BCUT2D eigenvalue weighted by atomic mass is 10.1. The maximum Gasteiger partial charge on any atom is 0.260 e. The van der Waals surface area contributed by atoms with Gasteiger partial charge in [0.1, 0.15) is 0 Å². The normalized spacial score (nSPS) is 10.5. The number of anilines is 1. The first-order chi connectivity index (χ1) is 10.1. The predicted molar refractivity (Wildman–Crippen MR) is 80.2 cm³/mol. The molecule has 0 spiro atoms. The van der Waals surface area contributed by atoms with E-state index in [-0.39, 0.29) is 5.91 Å². The zero-order valence-electron chi connectivity index (χ0n) is 12.6. The lowest BCUT2D eigenvalue weighted by Crippen LogP contribution is -2.13. The summed E-state index contributed by atoms with van der Waals surface area (Å²) in [5, 5.41) is 9.71. The first-order valence-electron chi connectivity index (χ1n) is 6.64. The smallest absolute Gasteiger partial charge is 0.260 e. The molecule has 112 valence electrons. The fourth-order valence-electron chi connectivity index (χ4n) is 1.95. The minimum absolute atomic E-state index is 0.299. The van der Waals surface area contributed by atoms with Crippen LogP contribution < -0.4 is 14.8 Å². The van der Waals surface area contributed by atoms with Crippen LogP contribution in [0.15, 0.2) is 24.3 Å². The van der Waals surface area contributed by atoms with Gasteiger partial charge in [-0.15, -0.1) is 0 Å². The number of ether oxygens (including phenoxy) is 2. The van der Waals surface area contributed by atoms with E-state index in [4.69, 9.17) is 9.47 Å². The number of aromatic nitrogens is 2. The summed E-state index contributed by atoms with van der Waals surface area (Å²) < 4.78 is 10.4. The van der Waals surface area contributed by atoms with Gasteiger partial charge in [-0.25, -0.2) is 0 Å². The molecule has 0 aliphatic heterocycles. The van der Waals surface area contributed by atoms with E-state index < -0.39 is 0 Å². The third-order valence-corrected chi connectivity index (χ3v) is 3.11. The molecule has 0 saturated carbocycles. The highest BCUT2D eigenvalue weighted by Crippen LogP contribution is 2.31. The Morgan fingerprint density at radius 1 is 1.29 bits per heavy atom. The highest BCUT2D eigenvalue weighted by Gasteiger charge is 2.17. The van der Waals surface area contributed by atoms with E-state index in [1.807, 2.05) is 19.9 Å². The van der Waals surface area contributed by atoms with Gasteiger partial charge in [0.05, 0.1) is 19.8 Å². The fourth-order valence-corrected chi connectivity index (χ4v) is 1.95. The molecule has 0 atom stereocenters. The van der Waals surface area contributed by atoms with Crippen LogP contribution in [0.1, 0.15) is 35.8 Å². The van der Waals surface area contributed by atoms with E-state index >= 15 is 0 Å². The van der Waals surface area contributed by atoms with Crippen LogP contribution in [0.3, 0.4) is 0 Å². The van der Waals surface area contributed by atoms with Gasteiger partial charge in [-0.2, -0.15) is 5.10 Å². The number of amides is 1. The zero-order chi connectivity index (χ0) is 15.4. The van der Waals surface area contributed by atoms with E-state index in [1.165, 1.54) is 14.2 Å². The van der Waals surface area contributed by atoms with Crippen LogP contribution in [0.25, 0.3) is 0 Å². The molecule has 0 bridgehead atoms. The van der Waals surface area contributed by atoms with Gasteiger partial charge in [-0.05, 0) is 18.1 Å². The third kappa shape index (κ3) is 3.16. The van der Waals surface area contributed by atoms with Gasteiger partial charge in [-0.1, -0.05) is 19.9 Å². The number of methoxy groups -OCH3 is 2. The molecule has 0 saturated heterocycles. The average molecular weight is 289 g/mol. The molecule has 6 nitrogen and oxygen atoms in total. The van der Waals surface area contributed by atoms with Crippen molar-refractivity contribution in [1.29, 1.82) is 0 Å². The number of nitrogens with one attached hydrogen (secondary N) is 2. The molecule has 1 heterocycles. The lowest BCUT2D eigenvalue weighted by molar-refractivity contribution is 0.102. The number of carbonyl (C=O) groups is 1. The van der Waals surface area contributed by atoms with Crippen LogP contribution in [-0.2, 0) is 0 Å². The summed E-state index contributed by atoms with van der Waals surface area (Å²) in [6.45, 7) is 4.09. The highest BCUT2D eigenvalue weighted by molar-refractivity contribution is 6.06. The molecule has 0 aliphatic rings. The maximum atomic E-state index is 12.3. The number of H-pyrrole nitrogens is 1. The van der Waals surface area contributed by atoms with Crippen molar-refractivity contribution in [3.8, 4) is 11.5 Å². The molecule has 0 radical (unpaired) electrons. The van der Waals surface area contributed by atoms with Gasteiger partial charge in [0.25, 0.3) is 5.91 Å². The number of para-hydroxylation sites is 1. The molecule has 1 aromatic carbocycles. The van der Waals surface area contributed by atoms with Gasteiger partial charge in [-0.3, -0.25) is 9.89 Å². The number of hydrogen-bond donors (Lipinski definition) is 2. The van der Waals surface area contributed by atoms with Gasteiger partial charge in [0.15, 0.2) is 17.3 Å². The monoisotopic (exact) mass is 289 g/mol. The Labute approximate surface area is 123 Å². The molecule has 2 aromatic rings. The summed E-state index contributed by atoms with van der Waals surface area (Å²) in [4.78, 5) is 12.3. The summed E-state index contributed by atoms with van der Waals surface area (Å²) in [7, 11) is 3.03. The first-order valence-corrected chi connectivity index (χ1v) is 6.64. The first kappa shape index (κ1) is 14.9. The topological polar surface area (TPSA) is 76.2 Å². The minimum atomic E-state index is -0.299. The predicted octanol–water partition coefficient (Wildman–Crippen LogP) is 2.80. The van der Waals surface area contributed by atoms with Gasteiger partial charge in [0, 0.05) is 11.8 Å². The number of nitrogens with zero attached hydrogens (tertiary/aromatic N) is 1. The second-order valence-electron chi connectivity index (χ2n) is 4.86. The summed E-state index contributed by atoms with van der Waals surface area (Å²) in [6.07, 6.45) is 0. The van der Waals surface area contributed by atoms with Crippen molar-refractivity contribution >= 4 is 11.7 Å². The van der Waals surface area contributed by atoms with Crippen molar-refractivity contribution < 1.29 is 14.3 Å². The molecule has 0 unspecified atom stereocenters. The molecule has 2 N–H and O–H groups in total. The van der Waals surface area contributed by atoms with E-state index in [0.29, 0.717) is 28.8 Å². The summed E-state index contributed by atoms with van der Waals surface area (Å²) >= 11 is 0. The SMILES string of the molecule is COc1cccc(C(=O)Nc2cc(C(C)C)[nH]n2)c1OC. The second kappa shape index (κ2) is 6.30. The van der Waals surface area contributed by atoms with Gasteiger partial charge in [0.2, 0.25) is 0 Å². The number of aromatic amines is 1. The highest BCUT2D eigenvalue weighted by atomic mass is 16.5. The third-order valence-electron chi connectivity index (χ3n) is 3.11. The molecule has 0 aliphatic carbocycles. The number of rotatable bonds is 5. The molecule has 2 rings (SSSR count).